The monoisotopic (exact) mass is 342 g/mol. The number of nitrogens with zero attached hydrogens (tertiary/aromatic N) is 3. The molecule has 124 valence electrons. The van der Waals surface area contributed by atoms with Crippen molar-refractivity contribution in [2.75, 3.05) is 5.32 Å². The summed E-state index contributed by atoms with van der Waals surface area (Å²) >= 11 is 0. The van der Waals surface area contributed by atoms with Crippen molar-refractivity contribution in [1.82, 2.24) is 0 Å². The van der Waals surface area contributed by atoms with Gasteiger partial charge in [-0.05, 0) is 12.1 Å². The molecule has 0 fully saturated rings. The van der Waals surface area contributed by atoms with E-state index in [2.05, 4.69) is 5.32 Å². The lowest BCUT2D eigenvalue weighted by atomic mass is 10.2. The Balaban J connectivity index is 2.37. The van der Waals surface area contributed by atoms with Crippen LogP contribution < -0.4 is 10.1 Å². The summed E-state index contributed by atoms with van der Waals surface area (Å²) in [5.41, 5.74) is -0.486. The Labute approximate surface area is 140 Å². The van der Waals surface area contributed by atoms with Crippen LogP contribution in [-0.4, -0.2) is 4.92 Å². The topological polar surface area (TPSA) is 112 Å². The number of nitro groups is 1. The van der Waals surface area contributed by atoms with Gasteiger partial charge in [-0.1, -0.05) is 0 Å². The molecule has 0 amide bonds. The largest absolute Gasteiger partial charge is 0.454 e. The van der Waals surface area contributed by atoms with Crippen LogP contribution in [0.1, 0.15) is 0 Å². The van der Waals surface area contributed by atoms with E-state index in [-0.39, 0.29) is 28.4 Å². The predicted molar refractivity (Wildman–Crippen MR) is 82.5 cm³/mol. The van der Waals surface area contributed by atoms with E-state index in [1.54, 1.807) is 12.1 Å². The third-order valence-electron chi connectivity index (χ3n) is 2.85. The van der Waals surface area contributed by atoms with Gasteiger partial charge in [0.2, 0.25) is 0 Å². The van der Waals surface area contributed by atoms with Crippen LogP contribution in [0.2, 0.25) is 0 Å². The molecule has 0 aromatic heterocycles. The summed E-state index contributed by atoms with van der Waals surface area (Å²) in [6.07, 6.45) is 1.06. The number of hydrogen-bond acceptors (Lipinski definition) is 6. The molecule has 0 unspecified atom stereocenters. The molecule has 2 aromatic rings. The third-order valence-corrected chi connectivity index (χ3v) is 2.85. The summed E-state index contributed by atoms with van der Waals surface area (Å²) in [5.74, 6) is -2.18. The van der Waals surface area contributed by atoms with Gasteiger partial charge in [0.1, 0.15) is 29.3 Å². The fourth-order valence-corrected chi connectivity index (χ4v) is 1.76. The van der Waals surface area contributed by atoms with Crippen LogP contribution in [0, 0.1) is 44.4 Å². The number of benzene rings is 2. The molecule has 0 saturated carbocycles. The van der Waals surface area contributed by atoms with Crippen LogP contribution in [0.25, 0.3) is 0 Å². The van der Waals surface area contributed by atoms with E-state index in [1.165, 1.54) is 6.07 Å². The van der Waals surface area contributed by atoms with Crippen molar-refractivity contribution in [2.24, 2.45) is 0 Å². The molecule has 0 spiro atoms. The lowest BCUT2D eigenvalue weighted by Gasteiger charge is -2.09. The molecule has 9 heteroatoms. The van der Waals surface area contributed by atoms with E-state index in [9.17, 15) is 18.9 Å². The van der Waals surface area contributed by atoms with Crippen molar-refractivity contribution >= 4 is 11.4 Å². The third kappa shape index (κ3) is 4.50. The maximum Gasteiger partial charge on any atom is 0.275 e. The number of nitrogens with one attached hydrogen (secondary N) is 1. The van der Waals surface area contributed by atoms with Gasteiger partial charge >= 0.3 is 0 Å². The fraction of sp³-hybridized carbons (Fsp3) is 0. The highest BCUT2D eigenvalue weighted by Crippen LogP contribution is 2.31. The van der Waals surface area contributed by atoms with Gasteiger partial charge < -0.3 is 10.1 Å². The SMILES string of the molecule is N#CC(C#N)=CNc1cc(Oc2ccc(F)cc2F)cc([N+](=O)[O-])c1. The molecule has 0 bridgehead atoms. The molecule has 0 aliphatic carbocycles. The Morgan fingerprint density at radius 3 is 2.52 bits per heavy atom. The van der Waals surface area contributed by atoms with Gasteiger partial charge in [0.05, 0.1) is 11.0 Å². The van der Waals surface area contributed by atoms with E-state index >= 15 is 0 Å². The van der Waals surface area contributed by atoms with Crippen molar-refractivity contribution in [3.05, 3.63) is 69.9 Å². The van der Waals surface area contributed by atoms with E-state index in [4.69, 9.17) is 15.3 Å². The van der Waals surface area contributed by atoms with E-state index in [1.807, 2.05) is 0 Å². The Morgan fingerprint density at radius 1 is 1.20 bits per heavy atom. The van der Waals surface area contributed by atoms with Crippen LogP contribution in [0.4, 0.5) is 20.2 Å². The summed E-state index contributed by atoms with van der Waals surface area (Å²) in [7, 11) is 0. The highest BCUT2D eigenvalue weighted by Gasteiger charge is 2.13. The quantitative estimate of drug-likeness (QED) is 0.499. The second-order valence-electron chi connectivity index (χ2n) is 4.58. The molecular formula is C16H8F2N4O3. The molecule has 0 aliphatic heterocycles. The second kappa shape index (κ2) is 7.53. The highest BCUT2D eigenvalue weighted by atomic mass is 19.1. The number of nitriles is 2. The van der Waals surface area contributed by atoms with Crippen LogP contribution >= 0.6 is 0 Å². The van der Waals surface area contributed by atoms with Gasteiger partial charge in [-0.15, -0.1) is 0 Å². The van der Waals surface area contributed by atoms with Gasteiger partial charge in [-0.25, -0.2) is 8.78 Å². The molecular weight excluding hydrogens is 334 g/mol. The summed E-state index contributed by atoms with van der Waals surface area (Å²) in [5, 5.41) is 30.9. The first-order valence-electron chi connectivity index (χ1n) is 6.62. The van der Waals surface area contributed by atoms with Crippen molar-refractivity contribution in [1.29, 1.82) is 10.5 Å². The smallest absolute Gasteiger partial charge is 0.275 e. The first-order valence-corrected chi connectivity index (χ1v) is 6.62. The maximum absolute atomic E-state index is 13.6. The Bertz CT molecular complexity index is 929. The molecule has 0 saturated heterocycles. The predicted octanol–water partition coefficient (Wildman–Crippen LogP) is 4.01. The number of nitro benzene ring substituents is 1. The molecule has 2 aromatic carbocycles. The first kappa shape index (κ1) is 17.4. The standard InChI is InChI=1S/C16H8F2N4O3/c17-11-1-2-16(15(18)3-11)25-14-5-12(4-13(6-14)22(23)24)21-9-10(7-19)8-20/h1-6,9,21H. The van der Waals surface area contributed by atoms with E-state index in [0.717, 1.165) is 30.5 Å². The van der Waals surface area contributed by atoms with Crippen LogP contribution in [0.15, 0.2) is 48.2 Å². The highest BCUT2D eigenvalue weighted by molar-refractivity contribution is 5.59. The van der Waals surface area contributed by atoms with Crippen LogP contribution in [0.5, 0.6) is 11.5 Å². The number of anilines is 1. The lowest BCUT2D eigenvalue weighted by Crippen LogP contribution is -1.96. The summed E-state index contributed by atoms with van der Waals surface area (Å²) < 4.78 is 31.8. The Kier molecular flexibility index (Phi) is 5.23. The molecule has 1 N–H and O–H groups in total. The molecule has 2 rings (SSSR count). The molecule has 7 nitrogen and oxygen atoms in total. The minimum atomic E-state index is -0.975. The van der Waals surface area contributed by atoms with Crippen molar-refractivity contribution in [3.8, 4) is 23.6 Å². The van der Waals surface area contributed by atoms with Gasteiger partial charge in [-0.2, -0.15) is 10.5 Å². The zero-order valence-corrected chi connectivity index (χ0v) is 12.4. The van der Waals surface area contributed by atoms with Crippen molar-refractivity contribution in [3.63, 3.8) is 0 Å². The van der Waals surface area contributed by atoms with Crippen LogP contribution in [-0.2, 0) is 0 Å². The maximum atomic E-state index is 13.6. The average molecular weight is 342 g/mol. The lowest BCUT2D eigenvalue weighted by molar-refractivity contribution is -0.384. The van der Waals surface area contributed by atoms with Crippen LogP contribution in [0.3, 0.4) is 0 Å². The average Bonchev–Trinajstić information content (AvgIpc) is 2.58. The normalized spacial score (nSPS) is 9.44. The zero-order valence-electron chi connectivity index (χ0n) is 12.4. The molecule has 0 radical (unpaired) electrons. The first-order chi connectivity index (χ1) is 11.9. The number of non-ortho nitro benzene ring substituents is 1. The second-order valence-corrected chi connectivity index (χ2v) is 4.58. The fourth-order valence-electron chi connectivity index (χ4n) is 1.76. The number of rotatable bonds is 5. The van der Waals surface area contributed by atoms with Crippen molar-refractivity contribution < 1.29 is 18.4 Å². The van der Waals surface area contributed by atoms with Gasteiger partial charge in [0, 0.05) is 30.1 Å². The minimum absolute atomic E-state index is 0.0916. The number of halogens is 2. The molecule has 0 aliphatic rings. The zero-order chi connectivity index (χ0) is 18.4. The van der Waals surface area contributed by atoms with Gasteiger partial charge in [0.25, 0.3) is 5.69 Å². The van der Waals surface area contributed by atoms with E-state index in [0.29, 0.717) is 6.07 Å². The van der Waals surface area contributed by atoms with E-state index < -0.39 is 16.6 Å². The Morgan fingerprint density at radius 2 is 1.92 bits per heavy atom. The molecule has 25 heavy (non-hydrogen) atoms. The summed E-state index contributed by atoms with van der Waals surface area (Å²) in [6.45, 7) is 0. The minimum Gasteiger partial charge on any atom is -0.454 e. The summed E-state index contributed by atoms with van der Waals surface area (Å²) in [4.78, 5) is 10.3. The number of ether oxygens (including phenoxy) is 1. The van der Waals surface area contributed by atoms with Gasteiger partial charge in [-0.3, -0.25) is 10.1 Å². The molecule has 0 heterocycles. The Hall–Kier alpha value is -3.98. The molecule has 0 atom stereocenters. The summed E-state index contributed by atoms with van der Waals surface area (Å²) in [6, 6.07) is 9.33. The van der Waals surface area contributed by atoms with Crippen molar-refractivity contribution in [2.45, 2.75) is 0 Å². The number of hydrogen-bond donors (Lipinski definition) is 1. The van der Waals surface area contributed by atoms with Gasteiger partial charge in [0.15, 0.2) is 11.6 Å². The number of allylic oxidation sites excluding steroid dienone is 1.